The van der Waals surface area contributed by atoms with Crippen LogP contribution in [0.3, 0.4) is 0 Å². The molecule has 150 valence electrons. The Labute approximate surface area is 159 Å². The molecule has 1 aromatic carbocycles. The van der Waals surface area contributed by atoms with Crippen LogP contribution in [0, 0.1) is 0 Å². The predicted octanol–water partition coefficient (Wildman–Crippen LogP) is 1.99. The summed E-state index contributed by atoms with van der Waals surface area (Å²) in [5, 5.41) is 10.7. The van der Waals surface area contributed by atoms with Crippen LogP contribution in [-0.2, 0) is 35.0 Å². The molecular weight excluding hydrogens is 352 g/mol. The lowest BCUT2D eigenvalue weighted by atomic mass is 9.89. The first kappa shape index (κ1) is 20.4. The summed E-state index contributed by atoms with van der Waals surface area (Å²) in [6, 6.07) is 9.77. The van der Waals surface area contributed by atoms with Gasteiger partial charge in [0.1, 0.15) is 25.1 Å². The Kier molecular flexibility index (Phi) is 6.32. The van der Waals surface area contributed by atoms with Gasteiger partial charge in [-0.15, -0.1) is 6.58 Å². The van der Waals surface area contributed by atoms with Crippen molar-refractivity contribution in [1.82, 2.24) is 0 Å². The van der Waals surface area contributed by atoms with Crippen LogP contribution in [-0.4, -0.2) is 61.6 Å². The minimum atomic E-state index is -1.22. The van der Waals surface area contributed by atoms with Crippen molar-refractivity contribution in [2.45, 2.75) is 56.4 Å². The van der Waals surface area contributed by atoms with E-state index in [1.54, 1.807) is 0 Å². The van der Waals surface area contributed by atoms with Crippen LogP contribution in [0.5, 0.6) is 0 Å². The topological polar surface area (TPSA) is 75.6 Å². The van der Waals surface area contributed by atoms with Crippen molar-refractivity contribution < 1.29 is 33.5 Å². The number of hydrogen-bond acceptors (Lipinski definition) is 7. The van der Waals surface area contributed by atoms with Gasteiger partial charge >= 0.3 is 0 Å². The van der Waals surface area contributed by atoms with Crippen LogP contribution in [0.25, 0.3) is 0 Å². The van der Waals surface area contributed by atoms with Gasteiger partial charge in [-0.2, -0.15) is 0 Å². The Balaban J connectivity index is 1.85. The van der Waals surface area contributed by atoms with E-state index in [1.807, 2.05) is 44.2 Å². The molecule has 2 aliphatic rings. The summed E-state index contributed by atoms with van der Waals surface area (Å²) in [7, 11) is 1.53. The molecule has 0 saturated carbocycles. The van der Waals surface area contributed by atoms with Gasteiger partial charge in [-0.25, -0.2) is 0 Å². The van der Waals surface area contributed by atoms with Gasteiger partial charge in [0.2, 0.25) is 0 Å². The van der Waals surface area contributed by atoms with Gasteiger partial charge in [-0.3, -0.25) is 0 Å². The van der Waals surface area contributed by atoms with Gasteiger partial charge in [0.05, 0.1) is 13.2 Å². The lowest BCUT2D eigenvalue weighted by Gasteiger charge is -2.38. The fourth-order valence-corrected chi connectivity index (χ4v) is 3.53. The van der Waals surface area contributed by atoms with E-state index in [9.17, 15) is 5.11 Å². The van der Waals surface area contributed by atoms with E-state index in [1.165, 1.54) is 13.2 Å². The molecule has 0 amide bonds. The molecular formula is C20H28O7. The van der Waals surface area contributed by atoms with Crippen molar-refractivity contribution in [3.63, 3.8) is 0 Å². The Morgan fingerprint density at radius 3 is 2.63 bits per heavy atom. The van der Waals surface area contributed by atoms with Crippen molar-refractivity contribution in [3.8, 4) is 0 Å². The van der Waals surface area contributed by atoms with E-state index >= 15 is 0 Å². The zero-order chi connectivity index (χ0) is 19.5. The molecule has 0 aromatic heterocycles. The van der Waals surface area contributed by atoms with Gasteiger partial charge < -0.3 is 33.5 Å². The molecule has 2 heterocycles. The summed E-state index contributed by atoms with van der Waals surface area (Å²) in [6.45, 7) is 7.76. The number of fused-ring (bicyclic) bond motifs is 1. The van der Waals surface area contributed by atoms with Gasteiger partial charge in [0.25, 0.3) is 0 Å². The van der Waals surface area contributed by atoms with E-state index in [-0.39, 0.29) is 13.4 Å². The molecule has 5 atom stereocenters. The van der Waals surface area contributed by atoms with E-state index in [0.29, 0.717) is 6.61 Å². The summed E-state index contributed by atoms with van der Waals surface area (Å²) >= 11 is 0. The quantitative estimate of drug-likeness (QED) is 0.399. The molecule has 7 heteroatoms. The number of hydrogen-bond donors (Lipinski definition) is 1. The molecule has 1 aromatic rings. The highest BCUT2D eigenvalue weighted by atomic mass is 16.8. The standard InChI is InChI=1S/C20H28O7/c1-5-15(21)20(12-23-13-22-4)17(24-11-14-9-7-6-8-10-14)16-18(27-20)26-19(2,3)25-16/h5-10,15-18,21H,1,11-13H2,2-4H3/t15-,16+,17+,18-,20-/m0/s1. The number of aliphatic hydroxyl groups excluding tert-OH is 1. The molecule has 0 bridgehead atoms. The maximum atomic E-state index is 10.7. The predicted molar refractivity (Wildman–Crippen MR) is 96.7 cm³/mol. The third-order valence-electron chi connectivity index (χ3n) is 4.73. The first-order valence-corrected chi connectivity index (χ1v) is 8.98. The molecule has 2 aliphatic heterocycles. The van der Waals surface area contributed by atoms with Crippen molar-refractivity contribution in [1.29, 1.82) is 0 Å². The van der Waals surface area contributed by atoms with Crippen LogP contribution >= 0.6 is 0 Å². The highest BCUT2D eigenvalue weighted by Crippen LogP contribution is 2.45. The summed E-state index contributed by atoms with van der Waals surface area (Å²) in [4.78, 5) is 0. The SMILES string of the molecule is C=C[C@H](O)[C@]1(COCOC)O[C@@H]2OC(C)(C)O[C@@H]2[C@H]1OCc1ccccc1. The zero-order valence-electron chi connectivity index (χ0n) is 16.0. The first-order chi connectivity index (χ1) is 12.9. The number of ether oxygens (including phenoxy) is 6. The molecule has 0 aliphatic carbocycles. The van der Waals surface area contributed by atoms with E-state index in [4.69, 9.17) is 28.4 Å². The van der Waals surface area contributed by atoms with E-state index in [2.05, 4.69) is 6.58 Å². The molecule has 3 rings (SSSR count). The zero-order valence-corrected chi connectivity index (χ0v) is 16.0. The van der Waals surface area contributed by atoms with Crippen molar-refractivity contribution in [3.05, 3.63) is 48.6 Å². The molecule has 0 spiro atoms. The molecule has 27 heavy (non-hydrogen) atoms. The van der Waals surface area contributed by atoms with Crippen LogP contribution in [0.15, 0.2) is 43.0 Å². The van der Waals surface area contributed by atoms with Crippen molar-refractivity contribution >= 4 is 0 Å². The summed E-state index contributed by atoms with van der Waals surface area (Å²) in [5.74, 6) is -0.803. The monoisotopic (exact) mass is 380 g/mol. The molecule has 0 unspecified atom stereocenters. The third-order valence-corrected chi connectivity index (χ3v) is 4.73. The summed E-state index contributed by atoms with van der Waals surface area (Å²) < 4.78 is 34.7. The smallest absolute Gasteiger partial charge is 0.190 e. The highest BCUT2D eigenvalue weighted by molar-refractivity contribution is 5.15. The second-order valence-electron chi connectivity index (χ2n) is 7.19. The highest BCUT2D eigenvalue weighted by Gasteiger charge is 2.65. The Morgan fingerprint density at radius 2 is 1.96 bits per heavy atom. The van der Waals surface area contributed by atoms with E-state index in [0.717, 1.165) is 5.56 Å². The van der Waals surface area contributed by atoms with Gasteiger partial charge in [-0.1, -0.05) is 36.4 Å². The normalized spacial score (nSPS) is 33.0. The average molecular weight is 380 g/mol. The Hall–Kier alpha value is -1.32. The lowest BCUT2D eigenvalue weighted by Crippen LogP contribution is -2.57. The average Bonchev–Trinajstić information content (AvgIpc) is 3.09. The van der Waals surface area contributed by atoms with E-state index < -0.39 is 36.0 Å². The second kappa shape index (κ2) is 8.36. The van der Waals surface area contributed by atoms with Gasteiger partial charge in [0, 0.05) is 7.11 Å². The Bertz CT molecular complexity index is 620. The number of rotatable bonds is 9. The number of aliphatic hydroxyl groups is 1. The van der Waals surface area contributed by atoms with Crippen LogP contribution in [0.2, 0.25) is 0 Å². The molecule has 0 radical (unpaired) electrons. The maximum Gasteiger partial charge on any atom is 0.190 e. The van der Waals surface area contributed by atoms with Crippen LogP contribution in [0.1, 0.15) is 19.4 Å². The maximum absolute atomic E-state index is 10.7. The Morgan fingerprint density at radius 1 is 1.22 bits per heavy atom. The molecule has 2 saturated heterocycles. The fourth-order valence-electron chi connectivity index (χ4n) is 3.53. The van der Waals surface area contributed by atoms with Crippen molar-refractivity contribution in [2.24, 2.45) is 0 Å². The fraction of sp³-hybridized carbons (Fsp3) is 0.600. The summed E-state index contributed by atoms with van der Waals surface area (Å²) in [5.41, 5.74) is -0.222. The molecule has 1 N–H and O–H groups in total. The molecule has 2 fully saturated rings. The van der Waals surface area contributed by atoms with Gasteiger partial charge in [-0.05, 0) is 19.4 Å². The first-order valence-electron chi connectivity index (χ1n) is 8.98. The molecule has 7 nitrogen and oxygen atoms in total. The second-order valence-corrected chi connectivity index (χ2v) is 7.19. The van der Waals surface area contributed by atoms with Crippen LogP contribution < -0.4 is 0 Å². The summed E-state index contributed by atoms with van der Waals surface area (Å²) in [6.07, 6.45) is -1.46. The van der Waals surface area contributed by atoms with Crippen LogP contribution in [0.4, 0.5) is 0 Å². The number of benzene rings is 1. The lowest BCUT2D eigenvalue weighted by molar-refractivity contribution is -0.273. The minimum absolute atomic E-state index is 0.0353. The van der Waals surface area contributed by atoms with Gasteiger partial charge in [0.15, 0.2) is 17.7 Å². The minimum Gasteiger partial charge on any atom is -0.386 e. The number of methoxy groups -OCH3 is 1. The third kappa shape index (κ3) is 4.25. The van der Waals surface area contributed by atoms with Crippen molar-refractivity contribution in [2.75, 3.05) is 20.5 Å². The largest absolute Gasteiger partial charge is 0.386 e.